The molecule has 1 aromatic rings. The number of carbonyl (C=O) groups is 1. The topological polar surface area (TPSA) is 29.1 Å². The molecule has 0 amide bonds. The Bertz CT molecular complexity index is 429. The van der Waals surface area contributed by atoms with Crippen molar-refractivity contribution in [2.45, 2.75) is 52.4 Å². The molecule has 1 atom stereocenters. The van der Waals surface area contributed by atoms with Crippen molar-refractivity contribution < 1.29 is 4.79 Å². The van der Waals surface area contributed by atoms with Crippen LogP contribution in [0.25, 0.3) is 0 Å². The van der Waals surface area contributed by atoms with Crippen LogP contribution >= 0.6 is 0 Å². The quantitative estimate of drug-likeness (QED) is 0.848. The van der Waals surface area contributed by atoms with Crippen LogP contribution in [-0.4, -0.2) is 12.3 Å². The molecule has 0 radical (unpaired) electrons. The Morgan fingerprint density at radius 2 is 1.80 bits per heavy atom. The normalized spacial score (nSPS) is 24.1. The van der Waals surface area contributed by atoms with Crippen LogP contribution in [0.15, 0.2) is 24.3 Å². The Morgan fingerprint density at radius 1 is 1.20 bits per heavy atom. The number of hydrogen-bond acceptors (Lipinski definition) is 2. The fraction of sp³-hybridized carbons (Fsp3) is 0.611. The average Bonchev–Trinajstić information content (AvgIpc) is 2.46. The SMILES string of the molecule is CC(=O)C(C)c1ccc(NCC2CCC(C)CC2)cc1. The van der Waals surface area contributed by atoms with Crippen LogP contribution in [-0.2, 0) is 4.79 Å². The van der Waals surface area contributed by atoms with Crippen LogP contribution in [0, 0.1) is 11.8 Å². The van der Waals surface area contributed by atoms with Crippen molar-refractivity contribution >= 4 is 11.5 Å². The predicted octanol–water partition coefficient (Wildman–Crippen LogP) is 4.62. The maximum Gasteiger partial charge on any atom is 0.136 e. The summed E-state index contributed by atoms with van der Waals surface area (Å²) in [5, 5.41) is 3.54. The van der Waals surface area contributed by atoms with Gasteiger partial charge in [0.1, 0.15) is 5.78 Å². The Balaban J connectivity index is 1.83. The molecule has 0 saturated heterocycles. The molecular weight excluding hydrogens is 246 g/mol. The first kappa shape index (κ1) is 15.1. The molecule has 1 aliphatic rings. The van der Waals surface area contributed by atoms with Gasteiger partial charge in [-0.05, 0) is 49.3 Å². The second-order valence-electron chi connectivity index (χ2n) is 6.46. The molecule has 2 rings (SSSR count). The second kappa shape index (κ2) is 6.92. The molecule has 1 saturated carbocycles. The highest BCUT2D eigenvalue weighted by Crippen LogP contribution is 2.28. The molecule has 2 heteroatoms. The summed E-state index contributed by atoms with van der Waals surface area (Å²) >= 11 is 0. The molecule has 110 valence electrons. The van der Waals surface area contributed by atoms with E-state index in [1.54, 1.807) is 6.92 Å². The summed E-state index contributed by atoms with van der Waals surface area (Å²) in [5.41, 5.74) is 2.28. The highest BCUT2D eigenvalue weighted by Gasteiger charge is 2.17. The first-order valence-corrected chi connectivity index (χ1v) is 7.90. The molecule has 2 nitrogen and oxygen atoms in total. The zero-order valence-corrected chi connectivity index (χ0v) is 13.0. The van der Waals surface area contributed by atoms with E-state index in [4.69, 9.17) is 0 Å². The predicted molar refractivity (Wildman–Crippen MR) is 85.1 cm³/mol. The number of hydrogen-bond donors (Lipinski definition) is 1. The maximum absolute atomic E-state index is 11.4. The zero-order chi connectivity index (χ0) is 14.5. The summed E-state index contributed by atoms with van der Waals surface area (Å²) in [4.78, 5) is 11.4. The minimum Gasteiger partial charge on any atom is -0.385 e. The van der Waals surface area contributed by atoms with E-state index < -0.39 is 0 Å². The van der Waals surface area contributed by atoms with Gasteiger partial charge < -0.3 is 5.32 Å². The Morgan fingerprint density at radius 3 is 2.35 bits per heavy atom. The zero-order valence-electron chi connectivity index (χ0n) is 13.0. The number of ketones is 1. The van der Waals surface area contributed by atoms with E-state index >= 15 is 0 Å². The molecule has 1 aliphatic carbocycles. The van der Waals surface area contributed by atoms with Gasteiger partial charge in [0, 0.05) is 18.2 Å². The third-order valence-electron chi connectivity index (χ3n) is 4.75. The molecule has 1 unspecified atom stereocenters. The van der Waals surface area contributed by atoms with Crippen LogP contribution in [0.5, 0.6) is 0 Å². The summed E-state index contributed by atoms with van der Waals surface area (Å²) in [6.45, 7) is 7.06. The third-order valence-corrected chi connectivity index (χ3v) is 4.75. The van der Waals surface area contributed by atoms with Crippen molar-refractivity contribution in [3.63, 3.8) is 0 Å². The van der Waals surface area contributed by atoms with Crippen molar-refractivity contribution in [2.24, 2.45) is 11.8 Å². The van der Waals surface area contributed by atoms with Gasteiger partial charge in [0.25, 0.3) is 0 Å². The van der Waals surface area contributed by atoms with Crippen molar-refractivity contribution in [3.05, 3.63) is 29.8 Å². The minimum atomic E-state index is 0.00359. The molecule has 1 N–H and O–H groups in total. The number of nitrogens with one attached hydrogen (secondary N) is 1. The lowest BCUT2D eigenvalue weighted by Gasteiger charge is -2.26. The molecule has 0 aromatic heterocycles. The molecule has 0 heterocycles. The van der Waals surface area contributed by atoms with Gasteiger partial charge in [-0.2, -0.15) is 0 Å². The molecule has 20 heavy (non-hydrogen) atoms. The Labute approximate surface area is 123 Å². The molecule has 0 bridgehead atoms. The Hall–Kier alpha value is -1.31. The molecule has 0 spiro atoms. The van der Waals surface area contributed by atoms with Crippen molar-refractivity contribution in [2.75, 3.05) is 11.9 Å². The van der Waals surface area contributed by atoms with Crippen LogP contribution in [0.3, 0.4) is 0 Å². The number of rotatable bonds is 5. The first-order valence-electron chi connectivity index (χ1n) is 7.90. The van der Waals surface area contributed by atoms with Gasteiger partial charge in [-0.3, -0.25) is 4.79 Å². The Kier molecular flexibility index (Phi) is 5.22. The standard InChI is InChI=1S/C18H27NO/c1-13-4-6-16(7-5-13)12-19-18-10-8-17(9-11-18)14(2)15(3)20/h8-11,13-14,16,19H,4-7,12H2,1-3H3. The second-order valence-corrected chi connectivity index (χ2v) is 6.46. The van der Waals surface area contributed by atoms with E-state index in [0.29, 0.717) is 0 Å². The van der Waals surface area contributed by atoms with Crippen molar-refractivity contribution in [1.82, 2.24) is 0 Å². The van der Waals surface area contributed by atoms with Crippen LogP contribution in [0.1, 0.15) is 57.9 Å². The van der Waals surface area contributed by atoms with Gasteiger partial charge in [0.05, 0.1) is 0 Å². The lowest BCUT2D eigenvalue weighted by Crippen LogP contribution is -2.20. The van der Waals surface area contributed by atoms with E-state index in [-0.39, 0.29) is 11.7 Å². The van der Waals surface area contributed by atoms with Gasteiger partial charge >= 0.3 is 0 Å². The van der Waals surface area contributed by atoms with E-state index in [2.05, 4.69) is 36.5 Å². The van der Waals surface area contributed by atoms with E-state index in [1.807, 2.05) is 6.92 Å². The van der Waals surface area contributed by atoms with Crippen LogP contribution in [0.2, 0.25) is 0 Å². The minimum absolute atomic E-state index is 0.00359. The summed E-state index contributed by atoms with van der Waals surface area (Å²) in [5.74, 6) is 1.96. The van der Waals surface area contributed by atoms with Gasteiger partial charge in [0.15, 0.2) is 0 Å². The lowest BCUT2D eigenvalue weighted by atomic mass is 9.83. The van der Waals surface area contributed by atoms with Gasteiger partial charge in [-0.25, -0.2) is 0 Å². The van der Waals surface area contributed by atoms with Crippen LogP contribution in [0.4, 0.5) is 5.69 Å². The van der Waals surface area contributed by atoms with E-state index in [0.717, 1.165) is 23.9 Å². The summed E-state index contributed by atoms with van der Waals surface area (Å²) in [7, 11) is 0. The number of carbonyl (C=O) groups excluding carboxylic acids is 1. The smallest absolute Gasteiger partial charge is 0.136 e. The highest BCUT2D eigenvalue weighted by atomic mass is 16.1. The molecular formula is C18H27NO. The number of Topliss-reactive ketones (excluding diaryl/α,β-unsaturated/α-hetero) is 1. The lowest BCUT2D eigenvalue weighted by molar-refractivity contribution is -0.118. The summed E-state index contributed by atoms with van der Waals surface area (Å²) < 4.78 is 0. The molecule has 1 fully saturated rings. The molecule has 1 aromatic carbocycles. The number of benzene rings is 1. The van der Waals surface area contributed by atoms with Gasteiger partial charge in [0.2, 0.25) is 0 Å². The van der Waals surface area contributed by atoms with Gasteiger partial charge in [-0.1, -0.05) is 38.8 Å². The fourth-order valence-corrected chi connectivity index (χ4v) is 2.92. The summed E-state index contributed by atoms with van der Waals surface area (Å²) in [6.07, 6.45) is 5.46. The molecule has 0 aliphatic heterocycles. The maximum atomic E-state index is 11.4. The van der Waals surface area contributed by atoms with Gasteiger partial charge in [-0.15, -0.1) is 0 Å². The average molecular weight is 273 g/mol. The van der Waals surface area contributed by atoms with E-state index in [9.17, 15) is 4.79 Å². The fourth-order valence-electron chi connectivity index (χ4n) is 2.92. The largest absolute Gasteiger partial charge is 0.385 e. The summed E-state index contributed by atoms with van der Waals surface area (Å²) in [6, 6.07) is 8.33. The van der Waals surface area contributed by atoms with E-state index in [1.165, 1.54) is 31.4 Å². The third kappa shape index (κ3) is 4.09. The van der Waals surface area contributed by atoms with Crippen molar-refractivity contribution in [1.29, 1.82) is 0 Å². The number of anilines is 1. The first-order chi connectivity index (χ1) is 9.56. The monoisotopic (exact) mass is 273 g/mol. The van der Waals surface area contributed by atoms with Crippen LogP contribution < -0.4 is 5.32 Å². The highest BCUT2D eigenvalue weighted by molar-refractivity contribution is 5.83. The van der Waals surface area contributed by atoms with Crippen molar-refractivity contribution in [3.8, 4) is 0 Å².